The van der Waals surface area contributed by atoms with Gasteiger partial charge in [0.1, 0.15) is 17.5 Å². The molecule has 38 heavy (non-hydrogen) atoms. The number of methoxy groups -OCH3 is 1. The van der Waals surface area contributed by atoms with Crippen molar-refractivity contribution in [3.8, 4) is 11.5 Å². The predicted molar refractivity (Wildman–Crippen MR) is 145 cm³/mol. The van der Waals surface area contributed by atoms with Gasteiger partial charge in [-0.2, -0.15) is 0 Å². The zero-order valence-corrected chi connectivity index (χ0v) is 21.3. The van der Waals surface area contributed by atoms with E-state index in [4.69, 9.17) is 9.47 Å². The van der Waals surface area contributed by atoms with Gasteiger partial charge in [-0.25, -0.2) is 0 Å². The van der Waals surface area contributed by atoms with E-state index >= 15 is 0 Å². The van der Waals surface area contributed by atoms with E-state index in [-0.39, 0.29) is 25.0 Å². The van der Waals surface area contributed by atoms with Crippen LogP contribution >= 0.6 is 0 Å². The molecule has 0 saturated carbocycles. The highest BCUT2D eigenvalue weighted by atomic mass is 16.5. The Labute approximate surface area is 223 Å². The van der Waals surface area contributed by atoms with Crippen molar-refractivity contribution >= 4 is 11.8 Å². The summed E-state index contributed by atoms with van der Waals surface area (Å²) in [6.07, 6.45) is 3.75. The van der Waals surface area contributed by atoms with E-state index < -0.39 is 6.04 Å². The quantitative estimate of drug-likeness (QED) is 0.306. The van der Waals surface area contributed by atoms with Crippen molar-refractivity contribution in [2.45, 2.75) is 25.6 Å². The molecule has 0 aliphatic rings. The van der Waals surface area contributed by atoms with E-state index in [1.165, 1.54) is 0 Å². The van der Waals surface area contributed by atoms with Gasteiger partial charge in [-0.05, 0) is 47.0 Å². The maximum atomic E-state index is 13.6. The fourth-order valence-corrected chi connectivity index (χ4v) is 4.04. The van der Waals surface area contributed by atoms with E-state index in [1.54, 1.807) is 36.5 Å². The zero-order chi connectivity index (χ0) is 26.6. The molecular weight excluding hydrogens is 478 g/mol. The van der Waals surface area contributed by atoms with Gasteiger partial charge in [0, 0.05) is 31.9 Å². The highest BCUT2D eigenvalue weighted by molar-refractivity contribution is 5.88. The number of benzene rings is 3. The third-order valence-corrected chi connectivity index (χ3v) is 6.08. The average molecular weight is 510 g/mol. The lowest BCUT2D eigenvalue weighted by Gasteiger charge is -2.31. The summed E-state index contributed by atoms with van der Waals surface area (Å²) in [7, 11) is 1.61. The number of nitrogens with zero attached hydrogens (tertiary/aromatic N) is 2. The Kier molecular flexibility index (Phi) is 9.45. The number of rotatable bonds is 12. The molecule has 1 heterocycles. The van der Waals surface area contributed by atoms with E-state index in [0.717, 1.165) is 16.7 Å². The molecule has 0 aliphatic heterocycles. The molecule has 1 N–H and O–H groups in total. The standard InChI is InChI=1S/C31H31N3O4/c1-37-27-16-14-25(15-17-27)22-34(30(35)23-38-28-12-6-3-7-13-28)29(19-24-9-4-2-5-10-24)31(36)33-21-26-11-8-18-32-20-26/h2-18,20,29H,19,21-23H2,1H3,(H,33,36)/t29-/m0/s1. The van der Waals surface area contributed by atoms with Gasteiger partial charge < -0.3 is 19.7 Å². The van der Waals surface area contributed by atoms with Gasteiger partial charge in [0.05, 0.1) is 7.11 Å². The second-order valence-corrected chi connectivity index (χ2v) is 8.76. The zero-order valence-electron chi connectivity index (χ0n) is 21.3. The van der Waals surface area contributed by atoms with Crippen molar-refractivity contribution in [1.29, 1.82) is 0 Å². The Hall–Kier alpha value is -4.65. The van der Waals surface area contributed by atoms with Gasteiger partial charge in [-0.3, -0.25) is 14.6 Å². The van der Waals surface area contributed by atoms with Crippen LogP contribution < -0.4 is 14.8 Å². The summed E-state index contributed by atoms with van der Waals surface area (Å²) in [5.74, 6) is 0.765. The number of nitrogens with one attached hydrogen (secondary N) is 1. The first-order valence-electron chi connectivity index (χ1n) is 12.4. The molecule has 7 nitrogen and oxygen atoms in total. The number of ether oxygens (including phenoxy) is 2. The fraction of sp³-hybridized carbons (Fsp3) is 0.194. The second kappa shape index (κ2) is 13.6. The fourth-order valence-electron chi connectivity index (χ4n) is 4.04. The largest absolute Gasteiger partial charge is 0.497 e. The molecule has 1 aromatic heterocycles. The molecule has 4 aromatic rings. The normalized spacial score (nSPS) is 11.3. The second-order valence-electron chi connectivity index (χ2n) is 8.76. The van der Waals surface area contributed by atoms with Gasteiger partial charge in [0.15, 0.2) is 6.61 Å². The van der Waals surface area contributed by atoms with Gasteiger partial charge >= 0.3 is 0 Å². The smallest absolute Gasteiger partial charge is 0.261 e. The van der Waals surface area contributed by atoms with Crippen LogP contribution in [0.15, 0.2) is 109 Å². The van der Waals surface area contributed by atoms with Crippen LogP contribution in [0.25, 0.3) is 0 Å². The third kappa shape index (κ3) is 7.67. The minimum absolute atomic E-state index is 0.193. The first-order valence-corrected chi connectivity index (χ1v) is 12.4. The van der Waals surface area contributed by atoms with Crippen molar-refractivity contribution < 1.29 is 19.1 Å². The van der Waals surface area contributed by atoms with Crippen LogP contribution in [0.4, 0.5) is 0 Å². The summed E-state index contributed by atoms with van der Waals surface area (Å²) >= 11 is 0. The summed E-state index contributed by atoms with van der Waals surface area (Å²) in [4.78, 5) is 33.0. The van der Waals surface area contributed by atoms with Crippen LogP contribution in [0.5, 0.6) is 11.5 Å². The molecule has 3 aromatic carbocycles. The number of carbonyl (C=O) groups excluding carboxylic acids is 2. The van der Waals surface area contributed by atoms with Crippen LogP contribution in [0, 0.1) is 0 Å². The van der Waals surface area contributed by atoms with Crippen LogP contribution in [0.3, 0.4) is 0 Å². The molecule has 0 radical (unpaired) electrons. The van der Waals surface area contributed by atoms with Crippen molar-refractivity contribution in [3.63, 3.8) is 0 Å². The van der Waals surface area contributed by atoms with Crippen LogP contribution in [-0.2, 0) is 29.1 Å². The molecule has 0 saturated heterocycles. The summed E-state index contributed by atoms with van der Waals surface area (Å²) in [6, 6.07) is 29.3. The molecule has 1 atom stereocenters. The SMILES string of the molecule is COc1ccc(CN(C(=O)COc2ccccc2)[C@@H](Cc2ccccc2)C(=O)NCc2cccnc2)cc1. The average Bonchev–Trinajstić information content (AvgIpc) is 2.98. The summed E-state index contributed by atoms with van der Waals surface area (Å²) in [5.41, 5.74) is 2.70. The molecule has 0 fully saturated rings. The Morgan fingerprint density at radius 1 is 0.816 bits per heavy atom. The first-order chi connectivity index (χ1) is 18.6. The summed E-state index contributed by atoms with van der Waals surface area (Å²) < 4.78 is 11.1. The van der Waals surface area contributed by atoms with E-state index in [0.29, 0.717) is 24.5 Å². The maximum absolute atomic E-state index is 13.6. The molecular formula is C31H31N3O4. The number of hydrogen-bond donors (Lipinski definition) is 1. The molecule has 2 amide bonds. The Morgan fingerprint density at radius 3 is 2.16 bits per heavy atom. The minimum Gasteiger partial charge on any atom is -0.497 e. The monoisotopic (exact) mass is 509 g/mol. The van der Waals surface area contributed by atoms with Crippen molar-refractivity contribution in [2.75, 3.05) is 13.7 Å². The maximum Gasteiger partial charge on any atom is 0.261 e. The minimum atomic E-state index is -0.761. The number of amides is 2. The summed E-state index contributed by atoms with van der Waals surface area (Å²) in [6.45, 7) is 0.350. The molecule has 0 unspecified atom stereocenters. The van der Waals surface area contributed by atoms with Gasteiger partial charge in [-0.1, -0.05) is 66.7 Å². The lowest BCUT2D eigenvalue weighted by molar-refractivity contribution is -0.142. The van der Waals surface area contributed by atoms with E-state index in [1.807, 2.05) is 84.9 Å². The van der Waals surface area contributed by atoms with Crippen LogP contribution in [0.1, 0.15) is 16.7 Å². The van der Waals surface area contributed by atoms with Crippen LogP contribution in [-0.4, -0.2) is 41.5 Å². The molecule has 7 heteroatoms. The molecule has 4 rings (SSSR count). The van der Waals surface area contributed by atoms with Gasteiger partial charge in [0.2, 0.25) is 5.91 Å². The third-order valence-electron chi connectivity index (χ3n) is 6.08. The Morgan fingerprint density at radius 2 is 1.50 bits per heavy atom. The van der Waals surface area contributed by atoms with Gasteiger partial charge in [-0.15, -0.1) is 0 Å². The Bertz CT molecular complexity index is 1280. The number of aromatic nitrogens is 1. The highest BCUT2D eigenvalue weighted by Crippen LogP contribution is 2.18. The molecule has 0 spiro atoms. The Balaban J connectivity index is 1.60. The van der Waals surface area contributed by atoms with Crippen molar-refractivity contribution in [3.05, 3.63) is 126 Å². The number of pyridine rings is 1. The number of para-hydroxylation sites is 1. The number of hydrogen-bond acceptors (Lipinski definition) is 5. The summed E-state index contributed by atoms with van der Waals surface area (Å²) in [5, 5.41) is 3.00. The lowest BCUT2D eigenvalue weighted by Crippen LogP contribution is -2.51. The van der Waals surface area contributed by atoms with Crippen molar-refractivity contribution in [2.24, 2.45) is 0 Å². The molecule has 0 bridgehead atoms. The predicted octanol–water partition coefficient (Wildman–Crippen LogP) is 4.43. The molecule has 0 aliphatic carbocycles. The first kappa shape index (κ1) is 26.4. The topological polar surface area (TPSA) is 80.8 Å². The molecule has 194 valence electrons. The van der Waals surface area contributed by atoms with E-state index in [9.17, 15) is 9.59 Å². The van der Waals surface area contributed by atoms with E-state index in [2.05, 4.69) is 10.3 Å². The lowest BCUT2D eigenvalue weighted by atomic mass is 10.0. The van der Waals surface area contributed by atoms with Crippen LogP contribution in [0.2, 0.25) is 0 Å². The van der Waals surface area contributed by atoms with Gasteiger partial charge in [0.25, 0.3) is 5.91 Å². The highest BCUT2D eigenvalue weighted by Gasteiger charge is 2.30. The number of carbonyl (C=O) groups is 2. The van der Waals surface area contributed by atoms with Crippen molar-refractivity contribution in [1.82, 2.24) is 15.2 Å².